The van der Waals surface area contributed by atoms with Gasteiger partial charge in [-0.05, 0) is 32.2 Å². The van der Waals surface area contributed by atoms with E-state index in [1.54, 1.807) is 0 Å². The standard InChI is InChI=1S/C31H61N3O2/c1-3-5-7-9-11-13-15-17-19-21-26-34(27-22-20-18-16-14-12-10-8-6-4-2)30(35)28-33-31(36)29-24-23-25-32-29/h29,32H,3-28H2,1-2H3,(H,33,36)/t29-/m0/s1. The Morgan fingerprint density at radius 1 is 0.667 bits per heavy atom. The number of nitrogens with zero attached hydrogens (tertiary/aromatic N) is 1. The van der Waals surface area contributed by atoms with Gasteiger partial charge in [0.2, 0.25) is 11.8 Å². The van der Waals surface area contributed by atoms with Crippen molar-refractivity contribution in [3.05, 3.63) is 0 Å². The van der Waals surface area contributed by atoms with Crippen LogP contribution in [0.4, 0.5) is 0 Å². The van der Waals surface area contributed by atoms with Crippen molar-refractivity contribution in [1.29, 1.82) is 0 Å². The molecule has 0 radical (unpaired) electrons. The van der Waals surface area contributed by atoms with Gasteiger partial charge < -0.3 is 15.5 Å². The first-order chi connectivity index (χ1) is 17.7. The molecule has 1 aliphatic heterocycles. The van der Waals surface area contributed by atoms with E-state index in [9.17, 15) is 9.59 Å². The van der Waals surface area contributed by atoms with Crippen molar-refractivity contribution in [2.24, 2.45) is 0 Å². The third-order valence-electron chi connectivity index (χ3n) is 7.71. The van der Waals surface area contributed by atoms with Crippen molar-refractivity contribution in [2.75, 3.05) is 26.2 Å². The van der Waals surface area contributed by atoms with Gasteiger partial charge in [0.15, 0.2) is 0 Å². The van der Waals surface area contributed by atoms with Crippen LogP contribution >= 0.6 is 0 Å². The minimum atomic E-state index is -0.116. The molecular formula is C31H61N3O2. The van der Waals surface area contributed by atoms with Crippen molar-refractivity contribution in [3.8, 4) is 0 Å². The molecule has 0 aromatic rings. The number of amides is 2. The fourth-order valence-corrected chi connectivity index (χ4v) is 5.25. The summed E-state index contributed by atoms with van der Waals surface area (Å²) in [6.45, 7) is 7.26. The predicted molar refractivity (Wildman–Crippen MR) is 154 cm³/mol. The smallest absolute Gasteiger partial charge is 0.241 e. The van der Waals surface area contributed by atoms with Gasteiger partial charge in [0, 0.05) is 13.1 Å². The SMILES string of the molecule is CCCCCCCCCCCCN(CCCCCCCCCCCC)C(=O)CNC(=O)[C@@H]1CCCN1. The lowest BCUT2D eigenvalue weighted by Gasteiger charge is -2.23. The number of rotatable bonds is 25. The molecule has 0 bridgehead atoms. The average molecular weight is 508 g/mol. The molecule has 1 aliphatic rings. The highest BCUT2D eigenvalue weighted by atomic mass is 16.2. The number of unbranched alkanes of at least 4 members (excludes halogenated alkanes) is 18. The average Bonchev–Trinajstić information content (AvgIpc) is 3.43. The summed E-state index contributed by atoms with van der Waals surface area (Å²) >= 11 is 0. The maximum absolute atomic E-state index is 12.9. The van der Waals surface area contributed by atoms with Crippen LogP contribution < -0.4 is 10.6 Å². The van der Waals surface area contributed by atoms with Crippen LogP contribution in [0.25, 0.3) is 0 Å². The van der Waals surface area contributed by atoms with Gasteiger partial charge in [-0.1, -0.05) is 129 Å². The molecule has 0 aromatic heterocycles. The number of carbonyl (C=O) groups is 2. The highest BCUT2D eigenvalue weighted by Crippen LogP contribution is 2.13. The van der Waals surface area contributed by atoms with E-state index in [2.05, 4.69) is 24.5 Å². The fraction of sp³-hybridized carbons (Fsp3) is 0.935. The topological polar surface area (TPSA) is 61.4 Å². The number of hydrogen-bond acceptors (Lipinski definition) is 3. The largest absolute Gasteiger partial charge is 0.346 e. The normalized spacial score (nSPS) is 15.3. The molecule has 0 saturated carbocycles. The summed E-state index contributed by atoms with van der Waals surface area (Å²) in [5.41, 5.74) is 0. The molecule has 1 fully saturated rings. The lowest BCUT2D eigenvalue weighted by atomic mass is 10.1. The van der Waals surface area contributed by atoms with Crippen molar-refractivity contribution in [3.63, 3.8) is 0 Å². The summed E-state index contributed by atoms with van der Waals surface area (Å²) in [7, 11) is 0. The number of carbonyl (C=O) groups excluding carboxylic acids is 2. The summed E-state index contributed by atoms with van der Waals surface area (Å²) < 4.78 is 0. The van der Waals surface area contributed by atoms with Gasteiger partial charge in [-0.3, -0.25) is 9.59 Å². The Morgan fingerprint density at radius 2 is 1.08 bits per heavy atom. The van der Waals surface area contributed by atoms with Crippen molar-refractivity contribution >= 4 is 11.8 Å². The molecule has 0 spiro atoms. The van der Waals surface area contributed by atoms with Gasteiger partial charge >= 0.3 is 0 Å². The first-order valence-corrected chi connectivity index (χ1v) is 16.0. The molecule has 0 aliphatic carbocycles. The summed E-state index contributed by atoms with van der Waals surface area (Å²) in [6, 6.07) is -0.116. The Labute approximate surface area is 224 Å². The van der Waals surface area contributed by atoms with E-state index in [4.69, 9.17) is 0 Å². The van der Waals surface area contributed by atoms with Crippen molar-refractivity contribution in [1.82, 2.24) is 15.5 Å². The van der Waals surface area contributed by atoms with E-state index in [0.29, 0.717) is 0 Å². The molecule has 0 unspecified atom stereocenters. The van der Waals surface area contributed by atoms with Crippen LogP contribution in [0.15, 0.2) is 0 Å². The Hall–Kier alpha value is -1.10. The number of hydrogen-bond donors (Lipinski definition) is 2. The molecule has 212 valence electrons. The second kappa shape index (κ2) is 24.2. The zero-order chi connectivity index (χ0) is 26.1. The van der Waals surface area contributed by atoms with Crippen LogP contribution in [0.3, 0.4) is 0 Å². The molecule has 5 nitrogen and oxygen atoms in total. The molecule has 5 heteroatoms. The summed E-state index contributed by atoms with van der Waals surface area (Å²) in [6.07, 6.45) is 28.1. The quantitative estimate of drug-likeness (QED) is 0.126. The Kier molecular flexibility index (Phi) is 22.2. The van der Waals surface area contributed by atoms with Gasteiger partial charge in [0.05, 0.1) is 12.6 Å². The third-order valence-corrected chi connectivity index (χ3v) is 7.71. The summed E-state index contributed by atoms with van der Waals surface area (Å²) in [5.74, 6) is 0.0758. The van der Waals surface area contributed by atoms with Gasteiger partial charge in [0.25, 0.3) is 0 Å². The lowest BCUT2D eigenvalue weighted by Crippen LogP contribution is -2.46. The Bertz CT molecular complexity index is 496. The second-order valence-corrected chi connectivity index (χ2v) is 11.1. The zero-order valence-electron chi connectivity index (χ0n) is 24.2. The van der Waals surface area contributed by atoms with Gasteiger partial charge in [-0.25, -0.2) is 0 Å². The molecular weight excluding hydrogens is 446 g/mol. The maximum atomic E-state index is 12.9. The first kappa shape index (κ1) is 32.9. The summed E-state index contributed by atoms with van der Waals surface area (Å²) in [5, 5.41) is 6.11. The first-order valence-electron chi connectivity index (χ1n) is 16.0. The minimum Gasteiger partial charge on any atom is -0.346 e. The molecule has 1 rings (SSSR count). The predicted octanol–water partition coefficient (Wildman–Crippen LogP) is 7.53. The summed E-state index contributed by atoms with van der Waals surface area (Å²) in [4.78, 5) is 27.3. The van der Waals surface area contributed by atoms with Crippen LogP contribution in [0.2, 0.25) is 0 Å². The molecule has 1 heterocycles. The van der Waals surface area contributed by atoms with E-state index in [0.717, 1.165) is 45.3 Å². The van der Waals surface area contributed by atoms with Crippen molar-refractivity contribution < 1.29 is 9.59 Å². The van der Waals surface area contributed by atoms with Crippen molar-refractivity contribution in [2.45, 2.75) is 161 Å². The molecule has 2 amide bonds. The highest BCUT2D eigenvalue weighted by Gasteiger charge is 2.23. The van der Waals surface area contributed by atoms with Crippen LogP contribution in [0, 0.1) is 0 Å². The van der Waals surface area contributed by atoms with E-state index in [1.165, 1.54) is 116 Å². The van der Waals surface area contributed by atoms with E-state index < -0.39 is 0 Å². The van der Waals surface area contributed by atoms with E-state index >= 15 is 0 Å². The van der Waals surface area contributed by atoms with Crippen LogP contribution in [0.1, 0.15) is 155 Å². The van der Waals surface area contributed by atoms with Crippen LogP contribution in [-0.4, -0.2) is 48.9 Å². The minimum absolute atomic E-state index is 0.0151. The Morgan fingerprint density at radius 3 is 1.47 bits per heavy atom. The fourth-order valence-electron chi connectivity index (χ4n) is 5.25. The molecule has 36 heavy (non-hydrogen) atoms. The van der Waals surface area contributed by atoms with Crippen LogP contribution in [-0.2, 0) is 9.59 Å². The molecule has 1 saturated heterocycles. The van der Waals surface area contributed by atoms with Crippen LogP contribution in [0.5, 0.6) is 0 Å². The maximum Gasteiger partial charge on any atom is 0.241 e. The molecule has 1 atom stereocenters. The van der Waals surface area contributed by atoms with E-state index in [-0.39, 0.29) is 24.4 Å². The Balaban J connectivity index is 2.23. The van der Waals surface area contributed by atoms with Gasteiger partial charge in [-0.2, -0.15) is 0 Å². The zero-order valence-corrected chi connectivity index (χ0v) is 24.2. The molecule has 0 aromatic carbocycles. The van der Waals surface area contributed by atoms with Gasteiger partial charge in [0.1, 0.15) is 0 Å². The molecule has 2 N–H and O–H groups in total. The third kappa shape index (κ3) is 18.2. The highest BCUT2D eigenvalue weighted by molar-refractivity contribution is 5.87. The van der Waals surface area contributed by atoms with E-state index in [1.807, 2.05) is 4.90 Å². The van der Waals surface area contributed by atoms with Gasteiger partial charge in [-0.15, -0.1) is 0 Å². The number of nitrogens with one attached hydrogen (secondary N) is 2. The lowest BCUT2D eigenvalue weighted by molar-refractivity contribution is -0.133. The monoisotopic (exact) mass is 507 g/mol. The second-order valence-electron chi connectivity index (χ2n) is 11.1.